The molecule has 0 saturated heterocycles. The summed E-state index contributed by atoms with van der Waals surface area (Å²) in [4.78, 5) is 0. The molecule has 17 heavy (non-hydrogen) atoms. The molecule has 0 saturated carbocycles. The quantitative estimate of drug-likeness (QED) is 0.717. The molecule has 1 heterocycles. The van der Waals surface area contributed by atoms with Gasteiger partial charge in [0.1, 0.15) is 0 Å². The summed E-state index contributed by atoms with van der Waals surface area (Å²) < 4.78 is 26.8. The molecule has 0 bridgehead atoms. The van der Waals surface area contributed by atoms with Crippen molar-refractivity contribution in [1.82, 2.24) is 14.9 Å². The van der Waals surface area contributed by atoms with Gasteiger partial charge in [-0.2, -0.15) is 5.10 Å². The van der Waals surface area contributed by atoms with Crippen LogP contribution in [0.3, 0.4) is 0 Å². The highest BCUT2D eigenvalue weighted by Crippen LogP contribution is 2.16. The van der Waals surface area contributed by atoms with Crippen LogP contribution in [0.15, 0.2) is 5.03 Å². The first-order valence-corrected chi connectivity index (χ1v) is 7.04. The highest BCUT2D eigenvalue weighted by atomic mass is 32.2. The number of hydrogen-bond donors (Lipinski definition) is 3. The number of hydrogen-bond acceptors (Lipinski definition) is 4. The number of aromatic nitrogens is 2. The Balaban J connectivity index is 3.05. The van der Waals surface area contributed by atoms with Gasteiger partial charge in [0.2, 0.25) is 0 Å². The van der Waals surface area contributed by atoms with Gasteiger partial charge >= 0.3 is 0 Å². The van der Waals surface area contributed by atoms with E-state index in [1.165, 1.54) is 0 Å². The van der Waals surface area contributed by atoms with Crippen LogP contribution in [0.25, 0.3) is 0 Å². The maximum atomic E-state index is 12.1. The fourth-order valence-corrected chi connectivity index (χ4v) is 2.93. The Labute approximate surface area is 102 Å². The minimum absolute atomic E-state index is 0.00463. The van der Waals surface area contributed by atoms with Crippen LogP contribution in [0, 0.1) is 12.8 Å². The second-order valence-corrected chi connectivity index (χ2v) is 6.12. The first-order valence-electron chi connectivity index (χ1n) is 5.55. The molecule has 0 aliphatic carbocycles. The molecule has 0 radical (unpaired) electrons. The zero-order valence-corrected chi connectivity index (χ0v) is 11.4. The number of nitrogens with one attached hydrogen (secondary N) is 2. The SMILES string of the molecule is Cc1[nH]nc(S(=O)(=O)NC(C)C(C)C)c1CN. The van der Waals surface area contributed by atoms with Gasteiger partial charge in [0.15, 0.2) is 5.03 Å². The highest BCUT2D eigenvalue weighted by Gasteiger charge is 2.25. The number of nitrogens with zero attached hydrogens (tertiary/aromatic N) is 1. The van der Waals surface area contributed by atoms with Gasteiger partial charge in [-0.15, -0.1) is 0 Å². The summed E-state index contributed by atoms with van der Waals surface area (Å²) in [5.41, 5.74) is 6.75. The second-order valence-electron chi connectivity index (χ2n) is 4.49. The molecule has 1 aromatic rings. The van der Waals surface area contributed by atoms with Gasteiger partial charge in [0, 0.05) is 23.8 Å². The lowest BCUT2D eigenvalue weighted by molar-refractivity contribution is 0.475. The Morgan fingerprint density at radius 3 is 2.47 bits per heavy atom. The van der Waals surface area contributed by atoms with E-state index < -0.39 is 10.0 Å². The number of sulfonamides is 1. The zero-order chi connectivity index (χ0) is 13.2. The summed E-state index contributed by atoms with van der Waals surface area (Å²) in [6.07, 6.45) is 0. The van der Waals surface area contributed by atoms with E-state index in [4.69, 9.17) is 5.73 Å². The van der Waals surface area contributed by atoms with Gasteiger partial charge in [-0.05, 0) is 19.8 Å². The third-order valence-electron chi connectivity index (χ3n) is 2.84. The topological polar surface area (TPSA) is 101 Å². The number of aryl methyl sites for hydroxylation is 1. The van der Waals surface area contributed by atoms with Gasteiger partial charge in [-0.3, -0.25) is 5.10 Å². The van der Waals surface area contributed by atoms with Crippen molar-refractivity contribution in [2.45, 2.75) is 45.3 Å². The minimum Gasteiger partial charge on any atom is -0.326 e. The van der Waals surface area contributed by atoms with Crippen LogP contribution in [0.2, 0.25) is 0 Å². The standard InChI is InChI=1S/C10H20N4O2S/c1-6(2)7(3)14-17(15,16)10-9(5-11)8(4)12-13-10/h6-7,14H,5,11H2,1-4H3,(H,12,13). The van der Waals surface area contributed by atoms with Gasteiger partial charge in [0.25, 0.3) is 10.0 Å². The van der Waals surface area contributed by atoms with Crippen LogP contribution < -0.4 is 10.5 Å². The van der Waals surface area contributed by atoms with E-state index in [0.717, 1.165) is 0 Å². The van der Waals surface area contributed by atoms with Crippen LogP contribution in [-0.4, -0.2) is 24.7 Å². The average Bonchev–Trinajstić information content (AvgIpc) is 2.59. The van der Waals surface area contributed by atoms with Crippen LogP contribution >= 0.6 is 0 Å². The molecule has 1 unspecified atom stereocenters. The Bertz CT molecular complexity index is 478. The fraction of sp³-hybridized carbons (Fsp3) is 0.700. The molecule has 0 aliphatic rings. The highest BCUT2D eigenvalue weighted by molar-refractivity contribution is 7.89. The largest absolute Gasteiger partial charge is 0.326 e. The van der Waals surface area contributed by atoms with Gasteiger partial charge in [-0.25, -0.2) is 13.1 Å². The molecule has 0 aromatic carbocycles. The van der Waals surface area contributed by atoms with Gasteiger partial charge < -0.3 is 5.73 Å². The number of H-pyrrole nitrogens is 1. The van der Waals surface area contributed by atoms with E-state index in [0.29, 0.717) is 11.3 Å². The first-order chi connectivity index (χ1) is 7.79. The van der Waals surface area contributed by atoms with Crippen LogP contribution in [-0.2, 0) is 16.6 Å². The third kappa shape index (κ3) is 3.05. The molecular formula is C10H20N4O2S. The van der Waals surface area contributed by atoms with Crippen molar-refractivity contribution in [3.63, 3.8) is 0 Å². The van der Waals surface area contributed by atoms with E-state index in [9.17, 15) is 8.42 Å². The van der Waals surface area contributed by atoms with Crippen molar-refractivity contribution in [2.24, 2.45) is 11.7 Å². The summed E-state index contributed by atoms with van der Waals surface area (Å²) in [5.74, 6) is 0.214. The first kappa shape index (κ1) is 14.1. The molecule has 0 amide bonds. The summed E-state index contributed by atoms with van der Waals surface area (Å²) in [6, 6.07) is -0.150. The van der Waals surface area contributed by atoms with Gasteiger partial charge in [0.05, 0.1) is 0 Å². The maximum Gasteiger partial charge on any atom is 0.260 e. The van der Waals surface area contributed by atoms with E-state index in [2.05, 4.69) is 14.9 Å². The molecule has 0 spiro atoms. The molecule has 0 aliphatic heterocycles. The molecule has 6 nitrogen and oxygen atoms in total. The zero-order valence-electron chi connectivity index (χ0n) is 10.6. The summed E-state index contributed by atoms with van der Waals surface area (Å²) in [7, 11) is -3.60. The Morgan fingerprint density at radius 1 is 1.41 bits per heavy atom. The molecule has 1 aromatic heterocycles. The third-order valence-corrected chi connectivity index (χ3v) is 4.36. The number of nitrogens with two attached hydrogens (primary N) is 1. The minimum atomic E-state index is -3.60. The van der Waals surface area contributed by atoms with Crippen molar-refractivity contribution in [2.75, 3.05) is 0 Å². The lowest BCUT2D eigenvalue weighted by Crippen LogP contribution is -2.36. The van der Waals surface area contributed by atoms with Crippen molar-refractivity contribution in [3.05, 3.63) is 11.3 Å². The molecule has 1 atom stereocenters. The van der Waals surface area contributed by atoms with E-state index in [-0.39, 0.29) is 23.5 Å². The Hall–Kier alpha value is -0.920. The Morgan fingerprint density at radius 2 is 2.00 bits per heavy atom. The summed E-state index contributed by atoms with van der Waals surface area (Å²) >= 11 is 0. The fourth-order valence-electron chi connectivity index (χ4n) is 1.33. The molecule has 98 valence electrons. The number of aromatic amines is 1. The molecule has 7 heteroatoms. The van der Waals surface area contributed by atoms with Crippen LogP contribution in [0.1, 0.15) is 32.0 Å². The van der Waals surface area contributed by atoms with Crippen molar-refractivity contribution in [3.8, 4) is 0 Å². The van der Waals surface area contributed by atoms with Crippen molar-refractivity contribution >= 4 is 10.0 Å². The Kier molecular flexibility index (Phi) is 4.29. The smallest absolute Gasteiger partial charge is 0.260 e. The van der Waals surface area contributed by atoms with E-state index >= 15 is 0 Å². The number of rotatable bonds is 5. The van der Waals surface area contributed by atoms with Crippen LogP contribution in [0.5, 0.6) is 0 Å². The average molecular weight is 260 g/mol. The maximum absolute atomic E-state index is 12.1. The van der Waals surface area contributed by atoms with Crippen LogP contribution in [0.4, 0.5) is 0 Å². The second kappa shape index (κ2) is 5.16. The predicted octanol–water partition coefficient (Wildman–Crippen LogP) is 0.500. The monoisotopic (exact) mass is 260 g/mol. The van der Waals surface area contributed by atoms with Crippen molar-refractivity contribution < 1.29 is 8.42 Å². The van der Waals surface area contributed by atoms with E-state index in [1.54, 1.807) is 6.92 Å². The molecule has 4 N–H and O–H groups in total. The lowest BCUT2D eigenvalue weighted by atomic mass is 10.1. The lowest BCUT2D eigenvalue weighted by Gasteiger charge is -2.16. The molecular weight excluding hydrogens is 240 g/mol. The summed E-state index contributed by atoms with van der Waals surface area (Å²) in [6.45, 7) is 7.62. The molecule has 0 fully saturated rings. The molecule has 1 rings (SSSR count). The van der Waals surface area contributed by atoms with Gasteiger partial charge in [-0.1, -0.05) is 13.8 Å². The normalized spacial score (nSPS) is 14.2. The van der Waals surface area contributed by atoms with E-state index in [1.807, 2.05) is 20.8 Å². The van der Waals surface area contributed by atoms with Crippen molar-refractivity contribution in [1.29, 1.82) is 0 Å². The predicted molar refractivity (Wildman–Crippen MR) is 65.8 cm³/mol. The summed E-state index contributed by atoms with van der Waals surface area (Å²) in [5, 5.41) is 6.47.